The van der Waals surface area contributed by atoms with Crippen LogP contribution in [0.3, 0.4) is 0 Å². The van der Waals surface area contributed by atoms with E-state index in [1.807, 2.05) is 27.2 Å². The van der Waals surface area contributed by atoms with E-state index in [0.29, 0.717) is 17.4 Å². The van der Waals surface area contributed by atoms with Crippen molar-refractivity contribution in [1.29, 1.82) is 0 Å². The normalized spacial score (nSPS) is 14.7. The van der Waals surface area contributed by atoms with E-state index >= 15 is 0 Å². The number of allylic oxidation sites excluding steroid dienone is 7. The average molecular weight is 824 g/mol. The first kappa shape index (κ1) is 55.5. The van der Waals surface area contributed by atoms with Gasteiger partial charge in [0, 0.05) is 6.42 Å². The summed E-state index contributed by atoms with van der Waals surface area (Å²) < 4.78 is 23.5. The molecule has 0 aromatic carbocycles. The summed E-state index contributed by atoms with van der Waals surface area (Å²) in [5.41, 5.74) is 0. The summed E-state index contributed by atoms with van der Waals surface area (Å²) in [5, 5.41) is 13.8. The number of rotatable bonds is 42. The van der Waals surface area contributed by atoms with Crippen LogP contribution in [0.5, 0.6) is 0 Å². The largest absolute Gasteiger partial charge is 0.472 e. The number of phosphoric acid groups is 1. The summed E-state index contributed by atoms with van der Waals surface area (Å²) in [6, 6.07) is -0.870. The molecule has 0 saturated heterocycles. The molecule has 0 spiro atoms. The van der Waals surface area contributed by atoms with Crippen LogP contribution in [0.1, 0.15) is 200 Å². The van der Waals surface area contributed by atoms with Gasteiger partial charge in [-0.3, -0.25) is 13.8 Å². The summed E-state index contributed by atoms with van der Waals surface area (Å²) in [6.45, 7) is 4.71. The van der Waals surface area contributed by atoms with Gasteiger partial charge < -0.3 is 19.8 Å². The van der Waals surface area contributed by atoms with Crippen LogP contribution in [0.2, 0.25) is 0 Å². The summed E-state index contributed by atoms with van der Waals surface area (Å²) >= 11 is 0. The lowest BCUT2D eigenvalue weighted by molar-refractivity contribution is -0.870. The standard InChI is InChI=1S/C48H91N2O6P/c1-6-8-10-12-14-16-18-20-21-22-23-24-25-26-27-28-30-31-33-35-37-39-41-47(51)46(45-56-57(53,54)55-44-43-50(3,4)5)49-48(52)42-40-38-36-34-32-29-19-17-15-13-11-9-7-2/h11,13,17,19,31,33,39,41,46-47,51H,6-10,12,14-16,18,20-30,32,34-38,40,42-45H2,1-5H3,(H-,49,52,53,54)/p+1/b13-11-,19-17-,33-31+,41-39+. The van der Waals surface area contributed by atoms with Gasteiger partial charge in [0.25, 0.3) is 0 Å². The fourth-order valence-corrected chi connectivity index (χ4v) is 7.24. The Hall–Kier alpha value is -1.54. The Morgan fingerprint density at radius 3 is 1.58 bits per heavy atom. The molecule has 3 atom stereocenters. The number of nitrogens with zero attached hydrogens (tertiary/aromatic N) is 1. The number of hydrogen-bond acceptors (Lipinski definition) is 5. The molecule has 9 heteroatoms. The highest BCUT2D eigenvalue weighted by Gasteiger charge is 2.27. The van der Waals surface area contributed by atoms with Gasteiger partial charge in [-0.25, -0.2) is 4.57 Å². The zero-order chi connectivity index (χ0) is 42.1. The van der Waals surface area contributed by atoms with Crippen LogP contribution in [-0.2, 0) is 18.4 Å². The first-order valence-electron chi connectivity index (χ1n) is 23.5. The summed E-state index contributed by atoms with van der Waals surface area (Å²) in [4.78, 5) is 23.1. The number of carbonyl (C=O) groups is 1. The molecule has 334 valence electrons. The van der Waals surface area contributed by atoms with Crippen LogP contribution in [0.15, 0.2) is 48.6 Å². The van der Waals surface area contributed by atoms with E-state index in [1.54, 1.807) is 6.08 Å². The Morgan fingerprint density at radius 2 is 1.05 bits per heavy atom. The molecule has 1 amide bonds. The number of carbonyl (C=O) groups excluding carboxylic acids is 1. The van der Waals surface area contributed by atoms with Crippen molar-refractivity contribution in [2.45, 2.75) is 212 Å². The fourth-order valence-electron chi connectivity index (χ4n) is 6.51. The predicted octanol–water partition coefficient (Wildman–Crippen LogP) is 13.2. The molecule has 3 N–H and O–H groups in total. The quantitative estimate of drug-likeness (QED) is 0.0245. The number of aliphatic hydroxyl groups excluding tert-OH is 1. The predicted molar refractivity (Wildman–Crippen MR) is 244 cm³/mol. The zero-order valence-corrected chi connectivity index (χ0v) is 38.7. The Morgan fingerprint density at radius 1 is 0.596 bits per heavy atom. The maximum atomic E-state index is 12.8. The monoisotopic (exact) mass is 824 g/mol. The van der Waals surface area contributed by atoms with E-state index in [0.717, 1.165) is 70.6 Å². The summed E-state index contributed by atoms with van der Waals surface area (Å²) in [7, 11) is 1.54. The molecular weight excluding hydrogens is 732 g/mol. The van der Waals surface area contributed by atoms with Gasteiger partial charge in [0.05, 0.1) is 39.9 Å². The zero-order valence-electron chi connectivity index (χ0n) is 37.8. The highest BCUT2D eigenvalue weighted by atomic mass is 31.2. The molecule has 57 heavy (non-hydrogen) atoms. The van der Waals surface area contributed by atoms with Crippen molar-refractivity contribution in [3.8, 4) is 0 Å². The Labute approximate surface area is 352 Å². The number of phosphoric ester groups is 1. The molecule has 0 aliphatic carbocycles. The molecule has 0 aromatic heterocycles. The third-order valence-corrected chi connectivity index (χ3v) is 11.2. The molecule has 3 unspecified atom stereocenters. The average Bonchev–Trinajstić information content (AvgIpc) is 3.16. The second kappa shape index (κ2) is 39.9. The van der Waals surface area contributed by atoms with E-state index in [2.05, 4.69) is 55.6 Å². The van der Waals surface area contributed by atoms with Crippen LogP contribution < -0.4 is 5.32 Å². The van der Waals surface area contributed by atoms with Crippen molar-refractivity contribution in [2.75, 3.05) is 40.9 Å². The van der Waals surface area contributed by atoms with E-state index in [9.17, 15) is 19.4 Å². The molecular formula is C48H92N2O6P+. The first-order valence-corrected chi connectivity index (χ1v) is 25.0. The molecule has 0 rings (SSSR count). The summed E-state index contributed by atoms with van der Waals surface area (Å²) in [6.07, 6.45) is 50.5. The van der Waals surface area contributed by atoms with Crippen molar-refractivity contribution >= 4 is 13.7 Å². The highest BCUT2D eigenvalue weighted by molar-refractivity contribution is 7.47. The Balaban J connectivity index is 4.40. The third kappa shape index (κ3) is 42.4. The van der Waals surface area contributed by atoms with Crippen molar-refractivity contribution in [3.63, 3.8) is 0 Å². The molecule has 0 aliphatic rings. The molecule has 0 aromatic rings. The van der Waals surface area contributed by atoms with Crippen LogP contribution in [0, 0.1) is 0 Å². The van der Waals surface area contributed by atoms with E-state index in [-0.39, 0.29) is 19.1 Å². The van der Waals surface area contributed by atoms with Crippen molar-refractivity contribution in [3.05, 3.63) is 48.6 Å². The van der Waals surface area contributed by atoms with Gasteiger partial charge in [0.2, 0.25) is 5.91 Å². The first-order chi connectivity index (χ1) is 27.5. The number of quaternary nitrogens is 1. The third-order valence-electron chi connectivity index (χ3n) is 10.3. The van der Waals surface area contributed by atoms with Crippen molar-refractivity contribution < 1.29 is 32.9 Å². The Kier molecular flexibility index (Phi) is 38.8. The molecule has 0 aliphatic heterocycles. The van der Waals surface area contributed by atoms with E-state index in [4.69, 9.17) is 9.05 Å². The molecule has 0 radical (unpaired) electrons. The highest BCUT2D eigenvalue weighted by Crippen LogP contribution is 2.43. The molecule has 0 saturated carbocycles. The number of unbranched alkanes of at least 4 members (excludes halogenated alkanes) is 23. The second-order valence-corrected chi connectivity index (χ2v) is 18.6. The maximum Gasteiger partial charge on any atom is 0.472 e. The van der Waals surface area contributed by atoms with Crippen molar-refractivity contribution in [2.24, 2.45) is 0 Å². The molecule has 8 nitrogen and oxygen atoms in total. The number of aliphatic hydroxyl groups is 1. The van der Waals surface area contributed by atoms with Crippen LogP contribution in [0.25, 0.3) is 0 Å². The van der Waals surface area contributed by atoms with Gasteiger partial charge in [0.1, 0.15) is 13.2 Å². The van der Waals surface area contributed by atoms with Gasteiger partial charge in [-0.1, -0.05) is 184 Å². The van der Waals surface area contributed by atoms with Gasteiger partial charge in [-0.2, -0.15) is 0 Å². The number of likely N-dealkylation sites (N-methyl/N-ethyl adjacent to an activating group) is 1. The topological polar surface area (TPSA) is 105 Å². The lowest BCUT2D eigenvalue weighted by Gasteiger charge is -2.25. The van der Waals surface area contributed by atoms with Crippen LogP contribution in [0.4, 0.5) is 0 Å². The minimum Gasteiger partial charge on any atom is -0.387 e. The Bertz CT molecular complexity index is 1070. The lowest BCUT2D eigenvalue weighted by atomic mass is 10.0. The lowest BCUT2D eigenvalue weighted by Crippen LogP contribution is -2.45. The van der Waals surface area contributed by atoms with Crippen molar-refractivity contribution in [1.82, 2.24) is 5.32 Å². The molecule has 0 heterocycles. The minimum atomic E-state index is -4.35. The summed E-state index contributed by atoms with van der Waals surface area (Å²) in [5.74, 6) is -0.203. The number of hydrogen-bond donors (Lipinski definition) is 3. The second-order valence-electron chi connectivity index (χ2n) is 17.1. The molecule has 0 bridgehead atoms. The van der Waals surface area contributed by atoms with Gasteiger partial charge in [-0.05, 0) is 57.8 Å². The smallest absolute Gasteiger partial charge is 0.387 e. The number of amides is 1. The maximum absolute atomic E-state index is 12.8. The van der Waals surface area contributed by atoms with Gasteiger partial charge in [0.15, 0.2) is 0 Å². The minimum absolute atomic E-state index is 0.0520. The van der Waals surface area contributed by atoms with Crippen LogP contribution >= 0.6 is 7.82 Å². The fraction of sp³-hybridized carbons (Fsp3) is 0.812. The van der Waals surface area contributed by atoms with E-state index in [1.165, 1.54) is 109 Å². The SMILES string of the molecule is CCC/C=C\C/C=C\CCCCCCCC(=O)NC(COP(=O)(O)OCC[N+](C)(C)C)C(O)/C=C/CC/C=C/CCCCCCCCCCCCCCCCCC. The van der Waals surface area contributed by atoms with E-state index < -0.39 is 20.0 Å². The molecule has 0 fully saturated rings. The van der Waals surface area contributed by atoms with Gasteiger partial charge >= 0.3 is 7.82 Å². The van der Waals surface area contributed by atoms with Crippen LogP contribution in [-0.4, -0.2) is 73.4 Å². The van der Waals surface area contributed by atoms with Gasteiger partial charge in [-0.15, -0.1) is 0 Å². The number of nitrogens with one attached hydrogen (secondary N) is 1.